The van der Waals surface area contributed by atoms with E-state index in [9.17, 15) is 4.79 Å². The molecule has 0 aromatic carbocycles. The summed E-state index contributed by atoms with van der Waals surface area (Å²) in [5.41, 5.74) is 0.240. The van der Waals surface area contributed by atoms with Gasteiger partial charge in [0, 0.05) is 12.1 Å². The first-order valence-corrected chi connectivity index (χ1v) is 3.97. The predicted molar refractivity (Wildman–Crippen MR) is 49.6 cm³/mol. The molecule has 0 amide bonds. The number of allylic oxidation sites excluding steroid dienone is 1. The molecule has 0 aliphatic heterocycles. The van der Waals surface area contributed by atoms with Gasteiger partial charge in [0.15, 0.2) is 0 Å². The zero-order valence-electron chi connectivity index (χ0n) is 7.43. The van der Waals surface area contributed by atoms with Crippen molar-refractivity contribution in [1.29, 1.82) is 0 Å². The SMILES string of the molecule is CCOC(=O)C(C=C(C)Cl)=NC. The van der Waals surface area contributed by atoms with Crippen molar-refractivity contribution in [3.8, 4) is 0 Å². The first-order valence-electron chi connectivity index (χ1n) is 3.59. The Hall–Kier alpha value is -0.830. The number of aliphatic imine (C=N–C) groups is 1. The first kappa shape index (κ1) is 11.2. The third-order valence-electron chi connectivity index (χ3n) is 1.06. The highest BCUT2D eigenvalue weighted by Gasteiger charge is 2.07. The summed E-state index contributed by atoms with van der Waals surface area (Å²) in [6.45, 7) is 3.75. The molecule has 0 saturated carbocycles. The summed E-state index contributed by atoms with van der Waals surface area (Å²) in [4.78, 5) is 14.8. The Labute approximate surface area is 77.1 Å². The maximum Gasteiger partial charge on any atom is 0.356 e. The minimum Gasteiger partial charge on any atom is -0.461 e. The van der Waals surface area contributed by atoms with E-state index in [0.717, 1.165) is 0 Å². The second-order valence-corrected chi connectivity index (χ2v) is 2.66. The number of halogens is 1. The lowest BCUT2D eigenvalue weighted by Crippen LogP contribution is -2.15. The van der Waals surface area contributed by atoms with Gasteiger partial charge in [-0.25, -0.2) is 4.79 Å². The number of ether oxygens (including phenoxy) is 1. The molecule has 0 saturated heterocycles. The molecular weight excluding hydrogens is 178 g/mol. The zero-order chi connectivity index (χ0) is 9.56. The standard InChI is InChI=1S/C8H12ClNO2/c1-4-12-8(11)7(10-3)5-6(2)9/h5H,4H2,1-3H3. The topological polar surface area (TPSA) is 38.7 Å². The predicted octanol–water partition coefficient (Wildman–Crippen LogP) is 1.76. The summed E-state index contributed by atoms with van der Waals surface area (Å²) in [5, 5.41) is 0.503. The maximum atomic E-state index is 11.1. The number of hydrogen-bond donors (Lipinski definition) is 0. The van der Waals surface area contributed by atoms with Crippen molar-refractivity contribution < 1.29 is 9.53 Å². The summed E-state index contributed by atoms with van der Waals surface area (Å²) in [7, 11) is 1.52. The van der Waals surface area contributed by atoms with Gasteiger partial charge in [0.25, 0.3) is 0 Å². The van der Waals surface area contributed by atoms with Crippen LogP contribution in [0.3, 0.4) is 0 Å². The van der Waals surface area contributed by atoms with Crippen molar-refractivity contribution in [2.75, 3.05) is 13.7 Å². The van der Waals surface area contributed by atoms with Crippen LogP contribution in [0, 0.1) is 0 Å². The molecular formula is C8H12ClNO2. The van der Waals surface area contributed by atoms with Gasteiger partial charge in [-0.3, -0.25) is 4.99 Å². The van der Waals surface area contributed by atoms with Gasteiger partial charge in [-0.2, -0.15) is 0 Å². The highest BCUT2D eigenvalue weighted by Crippen LogP contribution is 1.99. The Kier molecular flexibility index (Phi) is 5.37. The van der Waals surface area contributed by atoms with Gasteiger partial charge in [0.2, 0.25) is 0 Å². The highest BCUT2D eigenvalue weighted by atomic mass is 35.5. The molecule has 0 radical (unpaired) electrons. The Morgan fingerprint density at radius 2 is 2.25 bits per heavy atom. The van der Waals surface area contributed by atoms with E-state index in [0.29, 0.717) is 11.6 Å². The highest BCUT2D eigenvalue weighted by molar-refractivity contribution is 6.43. The van der Waals surface area contributed by atoms with E-state index in [1.54, 1.807) is 13.8 Å². The molecule has 0 rings (SSSR count). The molecule has 0 fully saturated rings. The van der Waals surface area contributed by atoms with Crippen molar-refractivity contribution in [2.24, 2.45) is 4.99 Å². The molecule has 0 bridgehead atoms. The van der Waals surface area contributed by atoms with Gasteiger partial charge in [-0.15, -0.1) is 0 Å². The molecule has 0 unspecified atom stereocenters. The van der Waals surface area contributed by atoms with Crippen LogP contribution in [0.5, 0.6) is 0 Å². The average molecular weight is 190 g/mol. The molecule has 3 nitrogen and oxygen atoms in total. The normalized spacial score (nSPS) is 13.0. The number of nitrogens with zero attached hydrogens (tertiary/aromatic N) is 1. The number of hydrogen-bond acceptors (Lipinski definition) is 3. The molecule has 0 N–H and O–H groups in total. The van der Waals surface area contributed by atoms with Gasteiger partial charge in [0.1, 0.15) is 5.71 Å². The Morgan fingerprint density at radius 3 is 2.58 bits per heavy atom. The van der Waals surface area contributed by atoms with Crippen molar-refractivity contribution in [3.63, 3.8) is 0 Å². The fourth-order valence-electron chi connectivity index (χ4n) is 0.608. The molecule has 0 aromatic heterocycles. The van der Waals surface area contributed by atoms with Crippen molar-refractivity contribution in [2.45, 2.75) is 13.8 Å². The van der Waals surface area contributed by atoms with Crippen LogP contribution in [0.15, 0.2) is 16.1 Å². The van der Waals surface area contributed by atoms with E-state index in [2.05, 4.69) is 4.99 Å². The Balaban J connectivity index is 4.38. The Bertz CT molecular complexity index is 217. The Morgan fingerprint density at radius 1 is 1.67 bits per heavy atom. The van der Waals surface area contributed by atoms with E-state index in [1.807, 2.05) is 0 Å². The molecule has 0 aliphatic rings. The summed E-state index contributed by atoms with van der Waals surface area (Å²) in [5.74, 6) is -0.444. The molecule has 0 heterocycles. The second-order valence-electron chi connectivity index (χ2n) is 2.06. The number of carbonyl (C=O) groups excluding carboxylic acids is 1. The van der Waals surface area contributed by atoms with Crippen molar-refractivity contribution >= 4 is 23.3 Å². The average Bonchev–Trinajstić information content (AvgIpc) is 2.00. The lowest BCUT2D eigenvalue weighted by Gasteiger charge is -1.99. The van der Waals surface area contributed by atoms with E-state index < -0.39 is 5.97 Å². The molecule has 68 valence electrons. The van der Waals surface area contributed by atoms with Crippen molar-refractivity contribution in [3.05, 3.63) is 11.1 Å². The summed E-state index contributed by atoms with van der Waals surface area (Å²) in [6.07, 6.45) is 1.47. The van der Waals surface area contributed by atoms with E-state index in [1.165, 1.54) is 13.1 Å². The monoisotopic (exact) mass is 189 g/mol. The van der Waals surface area contributed by atoms with Crippen LogP contribution >= 0.6 is 11.6 Å². The lowest BCUT2D eigenvalue weighted by molar-refractivity contribution is -0.134. The fraction of sp³-hybridized carbons (Fsp3) is 0.500. The minimum atomic E-state index is -0.444. The van der Waals surface area contributed by atoms with Gasteiger partial charge in [-0.05, 0) is 19.9 Å². The van der Waals surface area contributed by atoms with Crippen LogP contribution in [0.1, 0.15) is 13.8 Å². The summed E-state index contributed by atoms with van der Waals surface area (Å²) >= 11 is 5.57. The minimum absolute atomic E-state index is 0.240. The van der Waals surface area contributed by atoms with Gasteiger partial charge in [0.05, 0.1) is 6.61 Å². The fourth-order valence-corrected chi connectivity index (χ4v) is 0.712. The van der Waals surface area contributed by atoms with Crippen LogP contribution in [0.25, 0.3) is 0 Å². The third-order valence-corrected chi connectivity index (χ3v) is 1.17. The van der Waals surface area contributed by atoms with Crippen molar-refractivity contribution in [1.82, 2.24) is 0 Å². The van der Waals surface area contributed by atoms with Crippen LogP contribution in [-0.4, -0.2) is 25.3 Å². The van der Waals surface area contributed by atoms with Gasteiger partial charge in [-0.1, -0.05) is 11.6 Å². The van der Waals surface area contributed by atoms with Crippen LogP contribution < -0.4 is 0 Å². The second kappa shape index (κ2) is 5.77. The van der Waals surface area contributed by atoms with Crippen LogP contribution in [0.2, 0.25) is 0 Å². The van der Waals surface area contributed by atoms with Crippen LogP contribution in [-0.2, 0) is 9.53 Å². The smallest absolute Gasteiger partial charge is 0.356 e. The molecule has 0 atom stereocenters. The van der Waals surface area contributed by atoms with Crippen LogP contribution in [0.4, 0.5) is 0 Å². The first-order chi connectivity index (χ1) is 5.61. The van der Waals surface area contributed by atoms with E-state index >= 15 is 0 Å². The summed E-state index contributed by atoms with van der Waals surface area (Å²) in [6, 6.07) is 0. The van der Waals surface area contributed by atoms with E-state index in [4.69, 9.17) is 16.3 Å². The maximum absolute atomic E-state index is 11.1. The zero-order valence-corrected chi connectivity index (χ0v) is 8.18. The number of rotatable bonds is 3. The summed E-state index contributed by atoms with van der Waals surface area (Å²) < 4.78 is 4.72. The molecule has 4 heteroatoms. The quantitative estimate of drug-likeness (QED) is 0.501. The number of esters is 1. The molecule has 0 spiro atoms. The largest absolute Gasteiger partial charge is 0.461 e. The molecule has 0 aromatic rings. The number of carbonyl (C=O) groups is 1. The van der Waals surface area contributed by atoms with Gasteiger partial charge < -0.3 is 4.74 Å². The molecule has 12 heavy (non-hydrogen) atoms. The molecule has 0 aliphatic carbocycles. The van der Waals surface area contributed by atoms with Gasteiger partial charge >= 0.3 is 5.97 Å². The lowest BCUT2D eigenvalue weighted by atomic mass is 10.3. The third kappa shape index (κ3) is 4.13. The van der Waals surface area contributed by atoms with E-state index in [-0.39, 0.29) is 5.71 Å².